The predicted molar refractivity (Wildman–Crippen MR) is 99.1 cm³/mol. The van der Waals surface area contributed by atoms with Crippen molar-refractivity contribution in [3.8, 4) is 0 Å². The lowest BCUT2D eigenvalue weighted by Crippen LogP contribution is -2.31. The molecule has 0 unspecified atom stereocenters. The van der Waals surface area contributed by atoms with Crippen LogP contribution in [0.25, 0.3) is 0 Å². The number of hydrogen-bond donors (Lipinski definition) is 2. The van der Waals surface area contributed by atoms with E-state index in [1.807, 2.05) is 25.1 Å². The highest BCUT2D eigenvalue weighted by atomic mass is 16.1. The maximum Gasteiger partial charge on any atom is 0.269 e. The van der Waals surface area contributed by atoms with Gasteiger partial charge in [0.2, 0.25) is 0 Å². The van der Waals surface area contributed by atoms with Crippen molar-refractivity contribution in [2.45, 2.75) is 20.8 Å². The summed E-state index contributed by atoms with van der Waals surface area (Å²) in [7, 11) is 3.94. The first-order valence-corrected chi connectivity index (χ1v) is 8.10. The van der Waals surface area contributed by atoms with Crippen LogP contribution in [0, 0.1) is 20.8 Å². The topological polar surface area (TPSA) is 57.3 Å². The number of carbonyl (C=O) groups is 1. The molecule has 2 N–H and O–H groups in total. The summed E-state index contributed by atoms with van der Waals surface area (Å²) in [5.41, 5.74) is 6.02. The van der Waals surface area contributed by atoms with Crippen LogP contribution in [0.4, 0.5) is 11.4 Å². The van der Waals surface area contributed by atoms with E-state index in [-0.39, 0.29) is 5.91 Å². The largest absolute Gasteiger partial charge is 0.354 e. The lowest BCUT2D eigenvalue weighted by Gasteiger charge is -2.14. The summed E-state index contributed by atoms with van der Waals surface area (Å²) in [5, 5.41) is 6.25. The average Bonchev–Trinajstić information content (AvgIpc) is 2.51. The van der Waals surface area contributed by atoms with E-state index in [1.165, 1.54) is 16.7 Å². The van der Waals surface area contributed by atoms with Crippen LogP contribution in [0.15, 0.2) is 30.5 Å². The minimum absolute atomic E-state index is 0.147. The van der Waals surface area contributed by atoms with Gasteiger partial charge < -0.3 is 15.5 Å². The number of rotatable bonds is 6. The molecule has 5 heteroatoms. The maximum atomic E-state index is 12.0. The Balaban J connectivity index is 2.03. The zero-order chi connectivity index (χ0) is 17.7. The molecule has 2 aromatic rings. The number of hydrogen-bond acceptors (Lipinski definition) is 4. The Kier molecular flexibility index (Phi) is 5.93. The minimum Gasteiger partial charge on any atom is -0.354 e. The third-order valence-corrected chi connectivity index (χ3v) is 3.79. The Hall–Kier alpha value is -2.40. The zero-order valence-corrected chi connectivity index (χ0v) is 15.1. The summed E-state index contributed by atoms with van der Waals surface area (Å²) >= 11 is 0. The normalized spacial score (nSPS) is 10.8. The molecule has 1 aromatic heterocycles. The van der Waals surface area contributed by atoms with Crippen LogP contribution < -0.4 is 10.6 Å². The van der Waals surface area contributed by atoms with Crippen molar-refractivity contribution in [3.63, 3.8) is 0 Å². The summed E-state index contributed by atoms with van der Waals surface area (Å²) in [5.74, 6) is -0.147. The number of aromatic nitrogens is 1. The molecule has 0 fully saturated rings. The van der Waals surface area contributed by atoms with Crippen LogP contribution in [0.3, 0.4) is 0 Å². The van der Waals surface area contributed by atoms with Crippen LogP contribution in [-0.2, 0) is 0 Å². The predicted octanol–water partition coefficient (Wildman–Crippen LogP) is 3.04. The minimum atomic E-state index is -0.147. The van der Waals surface area contributed by atoms with Crippen molar-refractivity contribution < 1.29 is 4.79 Å². The Morgan fingerprint density at radius 2 is 1.79 bits per heavy atom. The highest BCUT2D eigenvalue weighted by Crippen LogP contribution is 2.25. The van der Waals surface area contributed by atoms with E-state index in [1.54, 1.807) is 12.3 Å². The number of amides is 1. The van der Waals surface area contributed by atoms with Crippen molar-refractivity contribution in [1.82, 2.24) is 15.2 Å². The summed E-state index contributed by atoms with van der Waals surface area (Å²) in [4.78, 5) is 18.3. The second kappa shape index (κ2) is 7.93. The van der Waals surface area contributed by atoms with E-state index in [2.05, 4.69) is 48.5 Å². The smallest absolute Gasteiger partial charge is 0.269 e. The van der Waals surface area contributed by atoms with E-state index in [9.17, 15) is 4.79 Å². The molecule has 0 saturated carbocycles. The summed E-state index contributed by atoms with van der Waals surface area (Å²) in [6, 6.07) is 7.92. The van der Waals surface area contributed by atoms with Gasteiger partial charge in [0.15, 0.2) is 0 Å². The molecule has 0 spiro atoms. The average molecular weight is 326 g/mol. The van der Waals surface area contributed by atoms with Crippen molar-refractivity contribution in [3.05, 3.63) is 52.8 Å². The fourth-order valence-electron chi connectivity index (χ4n) is 2.61. The highest BCUT2D eigenvalue weighted by Gasteiger charge is 2.08. The maximum absolute atomic E-state index is 12.0. The molecule has 0 aliphatic carbocycles. The van der Waals surface area contributed by atoms with E-state index in [0.29, 0.717) is 12.2 Å². The van der Waals surface area contributed by atoms with E-state index >= 15 is 0 Å². The molecule has 1 amide bonds. The number of pyridine rings is 1. The lowest BCUT2D eigenvalue weighted by atomic mass is 10.0. The Morgan fingerprint density at radius 1 is 1.12 bits per heavy atom. The van der Waals surface area contributed by atoms with Gasteiger partial charge in [0.05, 0.1) is 11.9 Å². The SMILES string of the molecule is Cc1cc(C)c(Nc2ccc(C(=O)NCCN(C)C)nc2)c(C)c1. The van der Waals surface area contributed by atoms with Gasteiger partial charge in [-0.25, -0.2) is 4.98 Å². The molecule has 0 atom stereocenters. The van der Waals surface area contributed by atoms with Gasteiger partial charge in [0.1, 0.15) is 5.69 Å². The van der Waals surface area contributed by atoms with Crippen LogP contribution in [0.5, 0.6) is 0 Å². The molecule has 2 rings (SSSR count). The molecule has 0 radical (unpaired) electrons. The van der Waals surface area contributed by atoms with Gasteiger partial charge in [0.25, 0.3) is 5.91 Å². The van der Waals surface area contributed by atoms with Gasteiger partial charge in [-0.05, 0) is 58.1 Å². The van der Waals surface area contributed by atoms with E-state index in [0.717, 1.165) is 17.9 Å². The molecule has 1 aromatic carbocycles. The Morgan fingerprint density at radius 3 is 2.33 bits per heavy atom. The third kappa shape index (κ3) is 4.80. The second-order valence-electron chi connectivity index (χ2n) is 6.39. The van der Waals surface area contributed by atoms with Crippen LogP contribution >= 0.6 is 0 Å². The zero-order valence-electron chi connectivity index (χ0n) is 15.1. The van der Waals surface area contributed by atoms with Crippen LogP contribution in [-0.4, -0.2) is 43.0 Å². The van der Waals surface area contributed by atoms with Crippen molar-refractivity contribution in [2.75, 3.05) is 32.5 Å². The molecular formula is C19H26N4O. The summed E-state index contributed by atoms with van der Waals surface area (Å²) < 4.78 is 0. The molecule has 1 heterocycles. The number of likely N-dealkylation sites (N-methyl/N-ethyl adjacent to an activating group) is 1. The third-order valence-electron chi connectivity index (χ3n) is 3.79. The molecule has 0 bridgehead atoms. The van der Waals surface area contributed by atoms with Gasteiger partial charge >= 0.3 is 0 Å². The number of aryl methyl sites for hydroxylation is 3. The first-order valence-electron chi connectivity index (χ1n) is 8.10. The van der Waals surface area contributed by atoms with E-state index in [4.69, 9.17) is 0 Å². The van der Waals surface area contributed by atoms with Gasteiger partial charge in [0, 0.05) is 18.8 Å². The highest BCUT2D eigenvalue weighted by molar-refractivity contribution is 5.92. The van der Waals surface area contributed by atoms with Gasteiger partial charge in [-0.2, -0.15) is 0 Å². The van der Waals surface area contributed by atoms with Crippen molar-refractivity contribution in [1.29, 1.82) is 0 Å². The monoisotopic (exact) mass is 326 g/mol. The number of benzene rings is 1. The molecule has 5 nitrogen and oxygen atoms in total. The number of anilines is 2. The Labute approximate surface area is 144 Å². The van der Waals surface area contributed by atoms with Crippen molar-refractivity contribution in [2.24, 2.45) is 0 Å². The molecular weight excluding hydrogens is 300 g/mol. The quantitative estimate of drug-likeness (QED) is 0.857. The van der Waals surface area contributed by atoms with E-state index < -0.39 is 0 Å². The first kappa shape index (κ1) is 17.9. The number of carbonyl (C=O) groups excluding carboxylic acids is 1. The van der Waals surface area contributed by atoms with Crippen molar-refractivity contribution >= 4 is 17.3 Å². The van der Waals surface area contributed by atoms with Gasteiger partial charge in [-0.1, -0.05) is 17.7 Å². The Bertz CT molecular complexity index is 685. The fourth-order valence-corrected chi connectivity index (χ4v) is 2.61. The fraction of sp³-hybridized carbons (Fsp3) is 0.368. The molecule has 0 aliphatic heterocycles. The molecule has 24 heavy (non-hydrogen) atoms. The van der Waals surface area contributed by atoms with Crippen LogP contribution in [0.2, 0.25) is 0 Å². The molecule has 0 aliphatic rings. The standard InChI is InChI=1S/C19H26N4O/c1-13-10-14(2)18(15(3)11-13)22-16-6-7-17(21-12-16)19(24)20-8-9-23(4)5/h6-7,10-12,22H,8-9H2,1-5H3,(H,20,24). The number of nitrogens with zero attached hydrogens (tertiary/aromatic N) is 2. The lowest BCUT2D eigenvalue weighted by molar-refractivity contribution is 0.0946. The molecule has 128 valence electrons. The second-order valence-corrected chi connectivity index (χ2v) is 6.39. The van der Waals surface area contributed by atoms with Gasteiger partial charge in [-0.15, -0.1) is 0 Å². The van der Waals surface area contributed by atoms with Gasteiger partial charge in [-0.3, -0.25) is 4.79 Å². The molecule has 0 saturated heterocycles. The van der Waals surface area contributed by atoms with Crippen LogP contribution in [0.1, 0.15) is 27.2 Å². The summed E-state index contributed by atoms with van der Waals surface area (Å²) in [6.07, 6.45) is 1.69. The number of nitrogens with one attached hydrogen (secondary N) is 2. The summed E-state index contributed by atoms with van der Waals surface area (Å²) in [6.45, 7) is 7.67. The first-order chi connectivity index (χ1) is 11.4.